The number of fused-ring (bicyclic) bond motifs is 1. The average Bonchev–Trinajstić information content (AvgIpc) is 3.21. The molecule has 0 saturated heterocycles. The third kappa shape index (κ3) is 4.60. The number of nitrogens with zero attached hydrogens (tertiary/aromatic N) is 2. The molecule has 9 heteroatoms. The second-order valence-electron chi connectivity index (χ2n) is 7.20. The minimum Gasteiger partial charge on any atom is -0.465 e. The first-order chi connectivity index (χ1) is 15.9. The van der Waals surface area contributed by atoms with Crippen molar-refractivity contribution in [1.29, 1.82) is 0 Å². The van der Waals surface area contributed by atoms with E-state index < -0.39 is 11.9 Å². The van der Waals surface area contributed by atoms with Crippen molar-refractivity contribution in [2.24, 2.45) is 0 Å². The van der Waals surface area contributed by atoms with Gasteiger partial charge >= 0.3 is 5.97 Å². The monoisotopic (exact) mass is 525 g/mol. The van der Waals surface area contributed by atoms with E-state index in [-0.39, 0.29) is 17.7 Å². The molecule has 4 aromatic rings. The van der Waals surface area contributed by atoms with Crippen molar-refractivity contribution in [3.8, 4) is 11.1 Å². The van der Waals surface area contributed by atoms with Gasteiger partial charge in [-0.3, -0.25) is 14.2 Å². The van der Waals surface area contributed by atoms with Gasteiger partial charge in [0.05, 0.1) is 30.1 Å². The zero-order chi connectivity index (χ0) is 23.5. The minimum absolute atomic E-state index is 0.234. The lowest BCUT2D eigenvalue weighted by Gasteiger charge is -2.11. The van der Waals surface area contributed by atoms with E-state index in [0.29, 0.717) is 15.9 Å². The summed E-state index contributed by atoms with van der Waals surface area (Å²) in [6.07, 6.45) is 2.15. The SMILES string of the molecule is CCc1sc2ncn(CC(=O)Nc3ccccc3C(=O)OC)c(=O)c2c1-c1ccc(Br)cc1. The Balaban J connectivity index is 1.70. The van der Waals surface area contributed by atoms with Crippen molar-refractivity contribution in [3.05, 3.63) is 80.1 Å². The van der Waals surface area contributed by atoms with Gasteiger partial charge in [0.15, 0.2) is 0 Å². The Morgan fingerprint density at radius 1 is 1.15 bits per heavy atom. The number of benzene rings is 2. The van der Waals surface area contributed by atoms with Crippen LogP contribution in [0.15, 0.2) is 64.1 Å². The number of amides is 1. The highest BCUT2D eigenvalue weighted by molar-refractivity contribution is 9.10. The van der Waals surface area contributed by atoms with Crippen LogP contribution in [-0.2, 0) is 22.5 Å². The summed E-state index contributed by atoms with van der Waals surface area (Å²) in [4.78, 5) is 44.2. The molecule has 0 aliphatic rings. The highest BCUT2D eigenvalue weighted by Gasteiger charge is 2.20. The van der Waals surface area contributed by atoms with Gasteiger partial charge in [-0.15, -0.1) is 11.3 Å². The molecule has 0 aliphatic carbocycles. The maximum absolute atomic E-state index is 13.4. The van der Waals surface area contributed by atoms with Crippen molar-refractivity contribution in [2.45, 2.75) is 19.9 Å². The molecule has 168 valence electrons. The Morgan fingerprint density at radius 2 is 1.88 bits per heavy atom. The average molecular weight is 526 g/mol. The van der Waals surface area contributed by atoms with Crippen molar-refractivity contribution in [1.82, 2.24) is 9.55 Å². The van der Waals surface area contributed by atoms with Crippen LogP contribution in [0.3, 0.4) is 0 Å². The van der Waals surface area contributed by atoms with Gasteiger partial charge in [-0.1, -0.05) is 47.1 Å². The lowest BCUT2D eigenvalue weighted by molar-refractivity contribution is -0.116. The molecular formula is C24H20BrN3O4S. The van der Waals surface area contributed by atoms with Crippen LogP contribution >= 0.6 is 27.3 Å². The summed E-state index contributed by atoms with van der Waals surface area (Å²) in [6.45, 7) is 1.80. The molecule has 0 spiro atoms. The van der Waals surface area contributed by atoms with Gasteiger partial charge in [-0.05, 0) is 36.2 Å². The predicted molar refractivity (Wildman–Crippen MR) is 133 cm³/mol. The number of ether oxygens (including phenoxy) is 1. The summed E-state index contributed by atoms with van der Waals surface area (Å²) < 4.78 is 6.99. The number of aromatic nitrogens is 2. The van der Waals surface area contributed by atoms with Gasteiger partial charge < -0.3 is 10.1 Å². The van der Waals surface area contributed by atoms with Gasteiger partial charge in [0.2, 0.25) is 5.91 Å². The number of hydrogen-bond donors (Lipinski definition) is 1. The van der Waals surface area contributed by atoms with Crippen LogP contribution in [0.5, 0.6) is 0 Å². The van der Waals surface area contributed by atoms with Gasteiger partial charge in [0.25, 0.3) is 5.56 Å². The number of nitrogens with one attached hydrogen (secondary N) is 1. The van der Waals surface area contributed by atoms with E-state index in [1.165, 1.54) is 29.3 Å². The summed E-state index contributed by atoms with van der Waals surface area (Å²) >= 11 is 4.93. The number of halogens is 1. The van der Waals surface area contributed by atoms with Crippen LogP contribution in [0.4, 0.5) is 5.69 Å². The van der Waals surface area contributed by atoms with E-state index in [4.69, 9.17) is 4.74 Å². The van der Waals surface area contributed by atoms with Crippen LogP contribution in [0.1, 0.15) is 22.2 Å². The minimum atomic E-state index is -0.560. The van der Waals surface area contributed by atoms with Crippen LogP contribution in [-0.4, -0.2) is 28.5 Å². The topological polar surface area (TPSA) is 90.3 Å². The van der Waals surface area contributed by atoms with Crippen LogP contribution in [0.25, 0.3) is 21.3 Å². The van der Waals surface area contributed by atoms with Crippen molar-refractivity contribution >= 4 is 55.0 Å². The maximum atomic E-state index is 13.4. The summed E-state index contributed by atoms with van der Waals surface area (Å²) in [5.41, 5.74) is 2.04. The van der Waals surface area contributed by atoms with Gasteiger partial charge in [-0.2, -0.15) is 0 Å². The van der Waals surface area contributed by atoms with Crippen LogP contribution in [0.2, 0.25) is 0 Å². The number of hydrogen-bond acceptors (Lipinski definition) is 6. The molecule has 2 heterocycles. The van der Waals surface area contributed by atoms with Crippen molar-refractivity contribution in [2.75, 3.05) is 12.4 Å². The molecule has 7 nitrogen and oxygen atoms in total. The zero-order valence-electron chi connectivity index (χ0n) is 17.9. The smallest absolute Gasteiger partial charge is 0.339 e. The van der Waals surface area contributed by atoms with Gasteiger partial charge in [0, 0.05) is 14.9 Å². The molecule has 0 unspecified atom stereocenters. The van der Waals surface area contributed by atoms with E-state index >= 15 is 0 Å². The number of rotatable bonds is 6. The third-order valence-corrected chi connectivity index (χ3v) is 6.90. The highest BCUT2D eigenvalue weighted by Crippen LogP contribution is 2.36. The standard InChI is InChI=1S/C24H20BrN3O4S/c1-3-18-20(14-8-10-15(25)11-9-14)21-22(33-18)26-13-28(23(21)30)12-19(29)27-17-7-5-4-6-16(17)24(31)32-2/h4-11,13H,3,12H2,1-2H3,(H,27,29). The summed E-state index contributed by atoms with van der Waals surface area (Å²) in [7, 11) is 1.27. The molecule has 4 rings (SSSR count). The lowest BCUT2D eigenvalue weighted by atomic mass is 10.0. The third-order valence-electron chi connectivity index (χ3n) is 5.13. The van der Waals surface area contributed by atoms with E-state index in [9.17, 15) is 14.4 Å². The number of carbonyl (C=O) groups is 2. The summed E-state index contributed by atoms with van der Waals surface area (Å²) in [5, 5.41) is 3.19. The van der Waals surface area contributed by atoms with E-state index in [1.807, 2.05) is 31.2 Å². The zero-order valence-corrected chi connectivity index (χ0v) is 20.3. The number of methoxy groups -OCH3 is 1. The molecule has 1 N–H and O–H groups in total. The highest BCUT2D eigenvalue weighted by atomic mass is 79.9. The Morgan fingerprint density at radius 3 is 2.58 bits per heavy atom. The first kappa shape index (κ1) is 22.9. The second-order valence-corrected chi connectivity index (χ2v) is 9.20. The molecule has 0 saturated carbocycles. The number of aryl methyl sites for hydroxylation is 1. The number of esters is 1. The fourth-order valence-electron chi connectivity index (χ4n) is 3.58. The summed E-state index contributed by atoms with van der Waals surface area (Å²) in [6, 6.07) is 14.3. The lowest BCUT2D eigenvalue weighted by Crippen LogP contribution is -2.28. The largest absolute Gasteiger partial charge is 0.465 e. The molecule has 0 radical (unpaired) electrons. The fraction of sp³-hybridized carbons (Fsp3) is 0.167. The van der Waals surface area contributed by atoms with E-state index in [1.54, 1.807) is 24.3 Å². The molecule has 0 fully saturated rings. The first-order valence-corrected chi connectivity index (χ1v) is 11.8. The molecule has 0 atom stereocenters. The molecule has 0 aliphatic heterocycles. The predicted octanol–water partition coefficient (Wildman–Crippen LogP) is 4.88. The molecule has 0 bridgehead atoms. The molecular weight excluding hydrogens is 506 g/mol. The van der Waals surface area contributed by atoms with Gasteiger partial charge in [-0.25, -0.2) is 9.78 Å². The van der Waals surface area contributed by atoms with Crippen molar-refractivity contribution < 1.29 is 14.3 Å². The summed E-state index contributed by atoms with van der Waals surface area (Å²) in [5.74, 6) is -1.01. The number of para-hydroxylation sites is 1. The Hall–Kier alpha value is -3.30. The van der Waals surface area contributed by atoms with Crippen LogP contribution < -0.4 is 10.9 Å². The molecule has 1 amide bonds. The Kier molecular flexibility index (Phi) is 6.71. The van der Waals surface area contributed by atoms with E-state index in [2.05, 4.69) is 26.2 Å². The molecule has 2 aromatic carbocycles. The Labute approximate surface area is 202 Å². The fourth-order valence-corrected chi connectivity index (χ4v) is 4.94. The first-order valence-electron chi connectivity index (χ1n) is 10.2. The van der Waals surface area contributed by atoms with E-state index in [0.717, 1.165) is 26.9 Å². The normalized spacial score (nSPS) is 10.9. The number of anilines is 1. The van der Waals surface area contributed by atoms with Crippen LogP contribution in [0, 0.1) is 0 Å². The number of thiophene rings is 1. The quantitative estimate of drug-likeness (QED) is 0.362. The Bertz CT molecular complexity index is 1410. The molecule has 2 aromatic heterocycles. The van der Waals surface area contributed by atoms with Crippen molar-refractivity contribution in [3.63, 3.8) is 0 Å². The van der Waals surface area contributed by atoms with Gasteiger partial charge in [0.1, 0.15) is 11.4 Å². The second kappa shape index (κ2) is 9.68. The number of carbonyl (C=O) groups excluding carboxylic acids is 2. The maximum Gasteiger partial charge on any atom is 0.339 e. The molecule has 33 heavy (non-hydrogen) atoms.